The highest BCUT2D eigenvalue weighted by Crippen LogP contribution is 2.44. The van der Waals surface area contributed by atoms with Crippen LogP contribution < -0.4 is 0 Å². The molecule has 3 nitrogen and oxygen atoms in total. The second-order valence-corrected chi connectivity index (χ2v) is 12.7. The van der Waals surface area contributed by atoms with Crippen molar-refractivity contribution in [1.29, 1.82) is 0 Å². The normalized spacial score (nSPS) is 33.2. The number of fused-ring (bicyclic) bond motifs is 1. The molecule has 2 aliphatic rings. The van der Waals surface area contributed by atoms with Crippen LogP contribution in [-0.2, 0) is 13.9 Å². The van der Waals surface area contributed by atoms with Crippen LogP contribution in [0.3, 0.4) is 0 Å². The first-order valence-corrected chi connectivity index (χ1v) is 10.6. The first-order valence-electron chi connectivity index (χ1n) is 7.71. The summed E-state index contributed by atoms with van der Waals surface area (Å²) in [5.41, 5.74) is 1.32. The summed E-state index contributed by atoms with van der Waals surface area (Å²) in [6.45, 7) is 17.5. The van der Waals surface area contributed by atoms with Gasteiger partial charge in [-0.05, 0) is 44.0 Å². The van der Waals surface area contributed by atoms with Gasteiger partial charge in [0.15, 0.2) is 14.1 Å². The quantitative estimate of drug-likeness (QED) is 0.576. The Bertz CT molecular complexity index is 406. The number of hydrogen-bond acceptors (Lipinski definition) is 3. The van der Waals surface area contributed by atoms with Crippen molar-refractivity contribution in [3.05, 3.63) is 11.6 Å². The molecule has 20 heavy (non-hydrogen) atoms. The van der Waals surface area contributed by atoms with Crippen molar-refractivity contribution in [3.63, 3.8) is 0 Å². The molecule has 4 heteroatoms. The molecule has 0 bridgehead atoms. The minimum Gasteiger partial charge on any atom is -0.408 e. The zero-order valence-corrected chi connectivity index (χ0v) is 15.2. The van der Waals surface area contributed by atoms with Gasteiger partial charge in [-0.2, -0.15) is 0 Å². The van der Waals surface area contributed by atoms with Gasteiger partial charge in [0.25, 0.3) is 0 Å². The Morgan fingerprint density at radius 3 is 2.35 bits per heavy atom. The summed E-state index contributed by atoms with van der Waals surface area (Å²) in [6, 6.07) is 0. The minimum atomic E-state index is -1.80. The Labute approximate surface area is 124 Å². The van der Waals surface area contributed by atoms with Crippen molar-refractivity contribution >= 4 is 8.32 Å². The fourth-order valence-corrected chi connectivity index (χ4v) is 3.89. The van der Waals surface area contributed by atoms with Crippen LogP contribution in [0.15, 0.2) is 11.6 Å². The summed E-state index contributed by atoms with van der Waals surface area (Å²) in [5.74, 6) is -0.501. The van der Waals surface area contributed by atoms with Crippen LogP contribution in [0.2, 0.25) is 18.1 Å². The summed E-state index contributed by atoms with van der Waals surface area (Å²) >= 11 is 0. The zero-order chi connectivity index (χ0) is 15.3. The molecule has 0 spiro atoms. The van der Waals surface area contributed by atoms with Gasteiger partial charge in [0.05, 0.1) is 6.10 Å². The average Bonchev–Trinajstić information content (AvgIpc) is 2.71. The molecule has 116 valence electrons. The average molecular weight is 298 g/mol. The summed E-state index contributed by atoms with van der Waals surface area (Å²) in [6.07, 6.45) is 3.37. The molecule has 1 heterocycles. The predicted octanol–water partition coefficient (Wildman–Crippen LogP) is 4.25. The van der Waals surface area contributed by atoms with Gasteiger partial charge in [0.2, 0.25) is 0 Å². The lowest BCUT2D eigenvalue weighted by atomic mass is 10.1. The molecule has 2 rings (SSSR count). The molecule has 0 saturated carbocycles. The molecular formula is C16H30O3Si. The van der Waals surface area contributed by atoms with Gasteiger partial charge in [-0.3, -0.25) is 0 Å². The molecule has 1 fully saturated rings. The third-order valence-corrected chi connectivity index (χ3v) is 9.32. The molecule has 0 aromatic rings. The SMILES string of the molecule is CCC1=C[C@@H](O[Si](C)(C)C(C)(C)C)[C@@H]2OC(C)(C)O[C@H]12. The lowest BCUT2D eigenvalue weighted by Gasteiger charge is -2.39. The van der Waals surface area contributed by atoms with E-state index in [1.807, 2.05) is 13.8 Å². The van der Waals surface area contributed by atoms with Crippen LogP contribution >= 0.6 is 0 Å². The Balaban J connectivity index is 2.19. The Hall–Kier alpha value is -0.163. The molecular weight excluding hydrogens is 268 g/mol. The van der Waals surface area contributed by atoms with Gasteiger partial charge in [-0.1, -0.05) is 33.8 Å². The van der Waals surface area contributed by atoms with Gasteiger partial charge >= 0.3 is 0 Å². The molecule has 1 aliphatic carbocycles. The van der Waals surface area contributed by atoms with E-state index in [2.05, 4.69) is 46.9 Å². The highest BCUT2D eigenvalue weighted by molar-refractivity contribution is 6.74. The lowest BCUT2D eigenvalue weighted by molar-refractivity contribution is -0.152. The molecule has 0 radical (unpaired) electrons. The maximum atomic E-state index is 6.56. The molecule has 3 atom stereocenters. The molecule has 0 aromatic heterocycles. The highest BCUT2D eigenvalue weighted by atomic mass is 28.4. The second kappa shape index (κ2) is 4.94. The molecule has 0 amide bonds. The van der Waals surface area contributed by atoms with E-state index in [1.54, 1.807) is 0 Å². The topological polar surface area (TPSA) is 27.7 Å². The fourth-order valence-electron chi connectivity index (χ4n) is 2.65. The van der Waals surface area contributed by atoms with E-state index in [1.165, 1.54) is 5.57 Å². The first-order chi connectivity index (χ1) is 8.97. The van der Waals surface area contributed by atoms with Crippen LogP contribution in [0.1, 0.15) is 48.0 Å². The lowest BCUT2D eigenvalue weighted by Crippen LogP contribution is -2.46. The number of hydrogen-bond donors (Lipinski definition) is 0. The van der Waals surface area contributed by atoms with Gasteiger partial charge in [-0.25, -0.2) is 0 Å². The van der Waals surface area contributed by atoms with Gasteiger partial charge < -0.3 is 13.9 Å². The summed E-state index contributed by atoms with van der Waals surface area (Å²) in [4.78, 5) is 0. The van der Waals surface area contributed by atoms with E-state index >= 15 is 0 Å². The monoisotopic (exact) mass is 298 g/mol. The summed E-state index contributed by atoms with van der Waals surface area (Å²) in [5, 5.41) is 0.209. The van der Waals surface area contributed by atoms with E-state index in [9.17, 15) is 0 Å². The largest absolute Gasteiger partial charge is 0.408 e. The van der Waals surface area contributed by atoms with Crippen molar-refractivity contribution < 1.29 is 13.9 Å². The van der Waals surface area contributed by atoms with Crippen LogP contribution in [0.4, 0.5) is 0 Å². The molecule has 1 aliphatic heterocycles. The molecule has 0 N–H and O–H groups in total. The standard InChI is InChI=1S/C16H30O3Si/c1-9-11-10-12(19-20(7,8)15(2,3)4)14-13(11)17-16(5,6)18-14/h10,12-14H,9H2,1-8H3/t12-,13-,14+/m1/s1. The van der Waals surface area contributed by atoms with E-state index in [0.29, 0.717) is 0 Å². The van der Waals surface area contributed by atoms with Crippen molar-refractivity contribution in [3.8, 4) is 0 Å². The van der Waals surface area contributed by atoms with Crippen LogP contribution in [0.5, 0.6) is 0 Å². The van der Waals surface area contributed by atoms with Gasteiger partial charge in [0, 0.05) is 0 Å². The summed E-state index contributed by atoms with van der Waals surface area (Å²) < 4.78 is 18.7. The van der Waals surface area contributed by atoms with Gasteiger partial charge in [0.1, 0.15) is 12.2 Å². The van der Waals surface area contributed by atoms with Crippen molar-refractivity contribution in [2.75, 3.05) is 0 Å². The van der Waals surface area contributed by atoms with Crippen molar-refractivity contribution in [1.82, 2.24) is 0 Å². The Kier molecular flexibility index (Phi) is 4.00. The molecule has 1 saturated heterocycles. The van der Waals surface area contributed by atoms with Gasteiger partial charge in [-0.15, -0.1) is 0 Å². The van der Waals surface area contributed by atoms with Crippen molar-refractivity contribution in [2.45, 2.75) is 90.2 Å². The third kappa shape index (κ3) is 2.89. The zero-order valence-electron chi connectivity index (χ0n) is 14.2. The smallest absolute Gasteiger partial charge is 0.193 e. The van der Waals surface area contributed by atoms with Crippen LogP contribution in [-0.4, -0.2) is 32.4 Å². The number of rotatable bonds is 3. The Morgan fingerprint density at radius 2 is 1.85 bits per heavy atom. The Morgan fingerprint density at radius 1 is 1.25 bits per heavy atom. The van der Waals surface area contributed by atoms with Crippen molar-refractivity contribution in [2.24, 2.45) is 0 Å². The van der Waals surface area contributed by atoms with E-state index in [4.69, 9.17) is 13.9 Å². The van der Waals surface area contributed by atoms with E-state index in [-0.39, 0.29) is 23.4 Å². The fraction of sp³-hybridized carbons (Fsp3) is 0.875. The highest BCUT2D eigenvalue weighted by Gasteiger charge is 2.52. The van der Waals surface area contributed by atoms with Crippen LogP contribution in [0, 0.1) is 0 Å². The maximum absolute atomic E-state index is 6.56. The van der Waals surface area contributed by atoms with E-state index < -0.39 is 14.1 Å². The molecule has 0 unspecified atom stereocenters. The summed E-state index contributed by atoms with van der Waals surface area (Å²) in [7, 11) is -1.80. The number of ether oxygens (including phenoxy) is 2. The maximum Gasteiger partial charge on any atom is 0.193 e. The minimum absolute atomic E-state index is 0.0223. The molecule has 0 aromatic carbocycles. The predicted molar refractivity (Wildman–Crippen MR) is 84.3 cm³/mol. The van der Waals surface area contributed by atoms with Crippen LogP contribution in [0.25, 0.3) is 0 Å². The third-order valence-electron chi connectivity index (χ3n) is 4.84. The second-order valence-electron chi connectivity index (χ2n) is 7.96. The van der Waals surface area contributed by atoms with E-state index in [0.717, 1.165) is 6.42 Å². The first kappa shape index (κ1) is 16.2.